The largest absolute Gasteiger partial charge is 0.313 e. The Bertz CT molecular complexity index is 374. The molecule has 0 saturated heterocycles. The van der Waals surface area contributed by atoms with Gasteiger partial charge in [0.25, 0.3) is 0 Å². The van der Waals surface area contributed by atoms with Gasteiger partial charge in [-0.05, 0) is 31.4 Å². The molecule has 1 aromatic heterocycles. The summed E-state index contributed by atoms with van der Waals surface area (Å²) in [5.74, 6) is 0.689. The molecule has 4 nitrogen and oxygen atoms in total. The van der Waals surface area contributed by atoms with Crippen LogP contribution in [0.3, 0.4) is 0 Å². The van der Waals surface area contributed by atoms with E-state index in [0.29, 0.717) is 18.3 Å². The van der Waals surface area contributed by atoms with Crippen molar-refractivity contribution in [3.05, 3.63) is 23.9 Å². The summed E-state index contributed by atoms with van der Waals surface area (Å²) < 4.78 is 0. The van der Waals surface area contributed by atoms with Gasteiger partial charge in [0.2, 0.25) is 5.91 Å². The van der Waals surface area contributed by atoms with Crippen molar-refractivity contribution in [2.45, 2.75) is 32.2 Å². The van der Waals surface area contributed by atoms with Crippen molar-refractivity contribution in [2.75, 3.05) is 11.9 Å². The maximum Gasteiger partial charge on any atom is 0.226 e. The van der Waals surface area contributed by atoms with Crippen LogP contribution >= 0.6 is 0 Å². The maximum absolute atomic E-state index is 11.6. The van der Waals surface area contributed by atoms with Crippen LogP contribution in [0.25, 0.3) is 0 Å². The lowest BCUT2D eigenvalue weighted by Crippen LogP contribution is -2.23. The monoisotopic (exact) mass is 219 g/mol. The van der Waals surface area contributed by atoms with Crippen molar-refractivity contribution in [3.63, 3.8) is 0 Å². The van der Waals surface area contributed by atoms with Gasteiger partial charge < -0.3 is 10.6 Å². The molecule has 2 N–H and O–H groups in total. The Hall–Kier alpha value is -1.42. The van der Waals surface area contributed by atoms with E-state index in [9.17, 15) is 4.79 Å². The first kappa shape index (κ1) is 11.1. The van der Waals surface area contributed by atoms with E-state index in [-0.39, 0.29) is 5.91 Å². The second kappa shape index (κ2) is 5.07. The molecule has 4 heteroatoms. The second-order valence-electron chi connectivity index (χ2n) is 4.20. The van der Waals surface area contributed by atoms with Gasteiger partial charge in [-0.25, -0.2) is 4.98 Å². The van der Waals surface area contributed by atoms with Gasteiger partial charge in [-0.1, -0.05) is 6.07 Å². The van der Waals surface area contributed by atoms with Crippen molar-refractivity contribution in [3.8, 4) is 0 Å². The molecule has 0 aliphatic heterocycles. The Morgan fingerprint density at radius 2 is 2.38 bits per heavy atom. The lowest BCUT2D eigenvalue weighted by molar-refractivity contribution is -0.116. The van der Waals surface area contributed by atoms with E-state index in [1.807, 2.05) is 19.1 Å². The van der Waals surface area contributed by atoms with Gasteiger partial charge in [0.15, 0.2) is 0 Å². The van der Waals surface area contributed by atoms with Crippen LogP contribution in [0.15, 0.2) is 18.3 Å². The molecular weight excluding hydrogens is 202 g/mol. The van der Waals surface area contributed by atoms with Gasteiger partial charge in [-0.15, -0.1) is 0 Å². The van der Waals surface area contributed by atoms with Crippen LogP contribution in [0.1, 0.15) is 24.8 Å². The molecule has 1 heterocycles. The van der Waals surface area contributed by atoms with Crippen LogP contribution in [-0.4, -0.2) is 23.5 Å². The molecule has 1 aromatic rings. The van der Waals surface area contributed by atoms with Crippen LogP contribution in [0, 0.1) is 6.92 Å². The van der Waals surface area contributed by atoms with Crippen molar-refractivity contribution in [2.24, 2.45) is 0 Å². The third-order valence-electron chi connectivity index (χ3n) is 2.63. The molecule has 1 aliphatic carbocycles. The topological polar surface area (TPSA) is 54.0 Å². The predicted octanol–water partition coefficient (Wildman–Crippen LogP) is 1.47. The first-order valence-electron chi connectivity index (χ1n) is 5.70. The molecule has 0 spiro atoms. The van der Waals surface area contributed by atoms with E-state index in [0.717, 1.165) is 12.1 Å². The number of aromatic nitrogens is 1. The van der Waals surface area contributed by atoms with Crippen LogP contribution < -0.4 is 10.6 Å². The smallest absolute Gasteiger partial charge is 0.226 e. The molecule has 0 aromatic carbocycles. The first-order chi connectivity index (χ1) is 7.75. The fourth-order valence-electron chi connectivity index (χ4n) is 1.49. The highest BCUT2D eigenvalue weighted by molar-refractivity contribution is 5.90. The van der Waals surface area contributed by atoms with E-state index in [2.05, 4.69) is 15.6 Å². The summed E-state index contributed by atoms with van der Waals surface area (Å²) in [6, 6.07) is 4.45. The zero-order chi connectivity index (χ0) is 11.4. The lowest BCUT2D eigenvalue weighted by atomic mass is 10.3. The second-order valence-corrected chi connectivity index (χ2v) is 4.20. The number of carbonyl (C=O) groups is 1. The van der Waals surface area contributed by atoms with Crippen molar-refractivity contribution < 1.29 is 4.79 Å². The summed E-state index contributed by atoms with van der Waals surface area (Å²) in [6.07, 6.45) is 4.69. The summed E-state index contributed by atoms with van der Waals surface area (Å²) in [5.41, 5.74) is 0.992. The standard InChI is InChI=1S/C12H17N3O/c1-9-3-2-7-14-12(9)15-11(16)6-8-13-10-4-5-10/h2-3,7,10,13H,4-6,8H2,1H3,(H,14,15,16). The van der Waals surface area contributed by atoms with E-state index in [1.165, 1.54) is 12.8 Å². The SMILES string of the molecule is Cc1cccnc1NC(=O)CCNC1CC1. The maximum atomic E-state index is 11.6. The molecule has 0 radical (unpaired) electrons. The molecule has 0 unspecified atom stereocenters. The van der Waals surface area contributed by atoms with Crippen molar-refractivity contribution in [1.29, 1.82) is 0 Å². The van der Waals surface area contributed by atoms with Crippen LogP contribution in [-0.2, 0) is 4.79 Å². The predicted molar refractivity (Wildman–Crippen MR) is 63.2 cm³/mol. The number of nitrogens with one attached hydrogen (secondary N) is 2. The van der Waals surface area contributed by atoms with Gasteiger partial charge in [0, 0.05) is 25.2 Å². The third kappa shape index (κ3) is 3.31. The minimum absolute atomic E-state index is 0.0231. The quantitative estimate of drug-likeness (QED) is 0.788. The summed E-state index contributed by atoms with van der Waals surface area (Å²) in [6.45, 7) is 2.69. The number of carbonyl (C=O) groups excluding carboxylic acids is 1. The Morgan fingerprint density at radius 3 is 3.06 bits per heavy atom. The number of nitrogens with zero attached hydrogens (tertiary/aromatic N) is 1. The van der Waals surface area contributed by atoms with Gasteiger partial charge >= 0.3 is 0 Å². The Kier molecular flexibility index (Phi) is 3.51. The number of hydrogen-bond donors (Lipinski definition) is 2. The number of rotatable bonds is 5. The van der Waals surface area contributed by atoms with Gasteiger partial charge in [0.05, 0.1) is 0 Å². The Morgan fingerprint density at radius 1 is 1.56 bits per heavy atom. The van der Waals surface area contributed by atoms with Crippen molar-refractivity contribution >= 4 is 11.7 Å². The van der Waals surface area contributed by atoms with Crippen LogP contribution in [0.2, 0.25) is 0 Å². The fraction of sp³-hybridized carbons (Fsp3) is 0.500. The molecule has 1 fully saturated rings. The summed E-state index contributed by atoms with van der Waals surface area (Å²) >= 11 is 0. The summed E-state index contributed by atoms with van der Waals surface area (Å²) in [4.78, 5) is 15.7. The Labute approximate surface area is 95.5 Å². The molecule has 1 aliphatic rings. The lowest BCUT2D eigenvalue weighted by Gasteiger charge is -2.07. The average Bonchev–Trinajstić information content (AvgIpc) is 3.05. The van der Waals surface area contributed by atoms with Gasteiger partial charge in [-0.3, -0.25) is 4.79 Å². The van der Waals surface area contributed by atoms with E-state index < -0.39 is 0 Å². The molecular formula is C12H17N3O. The van der Waals surface area contributed by atoms with Crippen LogP contribution in [0.5, 0.6) is 0 Å². The minimum Gasteiger partial charge on any atom is -0.313 e. The number of pyridine rings is 1. The summed E-state index contributed by atoms with van der Waals surface area (Å²) in [7, 11) is 0. The van der Waals surface area contributed by atoms with E-state index in [4.69, 9.17) is 0 Å². The fourth-order valence-corrected chi connectivity index (χ4v) is 1.49. The number of hydrogen-bond acceptors (Lipinski definition) is 3. The average molecular weight is 219 g/mol. The normalized spacial score (nSPS) is 14.8. The van der Waals surface area contributed by atoms with Crippen LogP contribution in [0.4, 0.5) is 5.82 Å². The van der Waals surface area contributed by atoms with Gasteiger partial charge in [-0.2, -0.15) is 0 Å². The Balaban J connectivity index is 1.75. The highest BCUT2D eigenvalue weighted by Crippen LogP contribution is 2.18. The molecule has 1 saturated carbocycles. The molecule has 1 amide bonds. The molecule has 16 heavy (non-hydrogen) atoms. The third-order valence-corrected chi connectivity index (χ3v) is 2.63. The highest BCUT2D eigenvalue weighted by atomic mass is 16.1. The summed E-state index contributed by atoms with van der Waals surface area (Å²) in [5, 5.41) is 6.12. The highest BCUT2D eigenvalue weighted by Gasteiger charge is 2.20. The first-order valence-corrected chi connectivity index (χ1v) is 5.70. The molecule has 2 rings (SSSR count). The minimum atomic E-state index is 0.0231. The zero-order valence-electron chi connectivity index (χ0n) is 9.49. The zero-order valence-corrected chi connectivity index (χ0v) is 9.49. The number of amides is 1. The van der Waals surface area contributed by atoms with Crippen molar-refractivity contribution in [1.82, 2.24) is 10.3 Å². The number of aryl methyl sites for hydroxylation is 1. The van der Waals surface area contributed by atoms with E-state index in [1.54, 1.807) is 6.20 Å². The van der Waals surface area contributed by atoms with E-state index >= 15 is 0 Å². The number of anilines is 1. The molecule has 0 atom stereocenters. The molecule has 86 valence electrons. The molecule has 0 bridgehead atoms. The van der Waals surface area contributed by atoms with Gasteiger partial charge in [0.1, 0.15) is 5.82 Å².